The van der Waals surface area contributed by atoms with Gasteiger partial charge in [0.05, 0.1) is 10.6 Å². The number of carbonyl (C=O) groups excluding carboxylic acids is 1. The summed E-state index contributed by atoms with van der Waals surface area (Å²) in [7, 11) is 0. The molecule has 0 saturated carbocycles. The molecule has 0 spiro atoms. The summed E-state index contributed by atoms with van der Waals surface area (Å²) in [5.74, 6) is -3.88. The van der Waals surface area contributed by atoms with E-state index >= 15 is 0 Å². The summed E-state index contributed by atoms with van der Waals surface area (Å²) < 4.78 is 39.5. The molecule has 0 aliphatic heterocycles. The quantitative estimate of drug-likeness (QED) is 0.698. The van der Waals surface area contributed by atoms with Gasteiger partial charge < -0.3 is 5.32 Å². The van der Waals surface area contributed by atoms with E-state index in [9.17, 15) is 28.1 Å². The lowest BCUT2D eigenvalue weighted by atomic mass is 10.1. The molecule has 21 heavy (non-hydrogen) atoms. The number of amides is 1. The van der Waals surface area contributed by atoms with E-state index in [-0.39, 0.29) is 11.3 Å². The molecule has 1 N–H and O–H groups in total. The Morgan fingerprint density at radius 3 is 2.33 bits per heavy atom. The van der Waals surface area contributed by atoms with Gasteiger partial charge in [-0.1, -0.05) is 0 Å². The average molecular weight is 296 g/mol. The summed E-state index contributed by atoms with van der Waals surface area (Å²) in [5.41, 5.74) is -1.30. The molecule has 0 atom stereocenters. The first-order valence-corrected chi connectivity index (χ1v) is 5.59. The van der Waals surface area contributed by atoms with Gasteiger partial charge in [-0.15, -0.1) is 0 Å². The number of nitrogens with zero attached hydrogens (tertiary/aromatic N) is 1. The van der Waals surface area contributed by atoms with E-state index in [1.165, 1.54) is 0 Å². The lowest BCUT2D eigenvalue weighted by Crippen LogP contribution is -2.13. The number of nitrogens with one attached hydrogen (secondary N) is 1. The van der Waals surface area contributed by atoms with Crippen LogP contribution in [0.2, 0.25) is 0 Å². The van der Waals surface area contributed by atoms with Crippen LogP contribution in [0.4, 0.5) is 24.5 Å². The van der Waals surface area contributed by atoms with Crippen LogP contribution in [0.15, 0.2) is 36.4 Å². The maximum absolute atomic E-state index is 13.4. The molecule has 0 bridgehead atoms. The molecule has 0 aliphatic carbocycles. The van der Waals surface area contributed by atoms with Gasteiger partial charge in [-0.25, -0.2) is 8.78 Å². The molecule has 1 amide bonds. The molecule has 2 aromatic carbocycles. The Kier molecular flexibility index (Phi) is 3.88. The van der Waals surface area contributed by atoms with Gasteiger partial charge in [0, 0.05) is 17.7 Å². The standard InChI is InChI=1S/C13H7F3N2O3/c14-8-2-3-11(9(15)6-8)17-13(19)7-1-4-12(18(20)21)10(16)5-7/h1-6H,(H,17,19). The van der Waals surface area contributed by atoms with Gasteiger partial charge in [-0.2, -0.15) is 4.39 Å². The van der Waals surface area contributed by atoms with Crippen LogP contribution in [-0.2, 0) is 0 Å². The van der Waals surface area contributed by atoms with Crippen LogP contribution in [0, 0.1) is 27.6 Å². The number of anilines is 1. The molecular weight excluding hydrogens is 289 g/mol. The summed E-state index contributed by atoms with van der Waals surface area (Å²) in [6.07, 6.45) is 0. The normalized spacial score (nSPS) is 10.2. The molecule has 2 aromatic rings. The van der Waals surface area contributed by atoms with E-state index in [0.29, 0.717) is 12.1 Å². The molecule has 0 fully saturated rings. The maximum atomic E-state index is 13.4. The smallest absolute Gasteiger partial charge is 0.304 e. The lowest BCUT2D eigenvalue weighted by Gasteiger charge is -2.06. The number of benzene rings is 2. The zero-order valence-corrected chi connectivity index (χ0v) is 10.3. The Labute approximate surface area is 116 Å². The second-order valence-electron chi connectivity index (χ2n) is 4.00. The van der Waals surface area contributed by atoms with Crippen LogP contribution >= 0.6 is 0 Å². The second kappa shape index (κ2) is 5.61. The molecule has 2 rings (SSSR count). The Bertz CT molecular complexity index is 735. The number of nitro benzene ring substituents is 1. The van der Waals surface area contributed by atoms with Crippen LogP contribution in [0.3, 0.4) is 0 Å². The van der Waals surface area contributed by atoms with Gasteiger partial charge >= 0.3 is 5.69 Å². The fraction of sp³-hybridized carbons (Fsp3) is 0. The number of nitro groups is 1. The van der Waals surface area contributed by atoms with Crippen molar-refractivity contribution in [3.8, 4) is 0 Å². The number of hydrogen-bond donors (Lipinski definition) is 1. The summed E-state index contributed by atoms with van der Waals surface area (Å²) >= 11 is 0. The molecule has 0 unspecified atom stereocenters. The number of hydrogen-bond acceptors (Lipinski definition) is 3. The average Bonchev–Trinajstić information content (AvgIpc) is 2.41. The first-order chi connectivity index (χ1) is 9.88. The molecule has 108 valence electrons. The molecular formula is C13H7F3N2O3. The van der Waals surface area contributed by atoms with Crippen molar-refractivity contribution in [1.29, 1.82) is 0 Å². The van der Waals surface area contributed by atoms with E-state index in [4.69, 9.17) is 0 Å². The van der Waals surface area contributed by atoms with Crippen LogP contribution in [-0.4, -0.2) is 10.8 Å². The Hall–Kier alpha value is -2.90. The van der Waals surface area contributed by atoms with Crippen molar-refractivity contribution < 1.29 is 22.9 Å². The summed E-state index contributed by atoms with van der Waals surface area (Å²) in [5, 5.41) is 12.6. The summed E-state index contributed by atoms with van der Waals surface area (Å²) in [6, 6.07) is 5.03. The van der Waals surface area contributed by atoms with Crippen molar-refractivity contribution in [2.24, 2.45) is 0 Å². The first kappa shape index (κ1) is 14.5. The highest BCUT2D eigenvalue weighted by Crippen LogP contribution is 2.20. The van der Waals surface area contributed by atoms with Gasteiger partial charge in [0.15, 0.2) is 0 Å². The van der Waals surface area contributed by atoms with Crippen molar-refractivity contribution >= 4 is 17.3 Å². The van der Waals surface area contributed by atoms with Crippen molar-refractivity contribution in [1.82, 2.24) is 0 Å². The molecule has 8 heteroatoms. The molecule has 0 radical (unpaired) electrons. The van der Waals surface area contributed by atoms with E-state index in [2.05, 4.69) is 5.32 Å². The zero-order valence-electron chi connectivity index (χ0n) is 10.3. The fourth-order valence-corrected chi connectivity index (χ4v) is 1.58. The molecule has 0 aliphatic rings. The zero-order chi connectivity index (χ0) is 15.6. The van der Waals surface area contributed by atoms with Crippen molar-refractivity contribution in [3.63, 3.8) is 0 Å². The molecule has 0 aromatic heterocycles. The predicted molar refractivity (Wildman–Crippen MR) is 67.4 cm³/mol. The van der Waals surface area contributed by atoms with Gasteiger partial charge in [-0.3, -0.25) is 14.9 Å². The highest BCUT2D eigenvalue weighted by Gasteiger charge is 2.17. The highest BCUT2D eigenvalue weighted by molar-refractivity contribution is 6.04. The maximum Gasteiger partial charge on any atom is 0.304 e. The first-order valence-electron chi connectivity index (χ1n) is 5.59. The predicted octanol–water partition coefficient (Wildman–Crippen LogP) is 3.26. The minimum atomic E-state index is -1.19. The van der Waals surface area contributed by atoms with E-state index in [1.807, 2.05) is 0 Å². The third-order valence-corrected chi connectivity index (χ3v) is 2.59. The Balaban J connectivity index is 2.24. The monoisotopic (exact) mass is 296 g/mol. The van der Waals surface area contributed by atoms with Gasteiger partial charge in [-0.05, 0) is 24.3 Å². The summed E-state index contributed by atoms with van der Waals surface area (Å²) in [4.78, 5) is 21.3. The fourth-order valence-electron chi connectivity index (χ4n) is 1.58. The number of carbonyl (C=O) groups is 1. The van der Waals surface area contributed by atoms with E-state index in [1.54, 1.807) is 0 Å². The minimum absolute atomic E-state index is 0.234. The molecule has 5 nitrogen and oxygen atoms in total. The van der Waals surface area contributed by atoms with Crippen LogP contribution < -0.4 is 5.32 Å². The number of rotatable bonds is 3. The highest BCUT2D eigenvalue weighted by atomic mass is 19.1. The SMILES string of the molecule is O=C(Nc1ccc(F)cc1F)c1ccc([N+](=O)[O-])c(F)c1. The third kappa shape index (κ3) is 3.16. The largest absolute Gasteiger partial charge is 0.319 e. The van der Waals surface area contributed by atoms with Crippen molar-refractivity contribution in [2.45, 2.75) is 0 Å². The number of halogens is 3. The van der Waals surface area contributed by atoms with Crippen molar-refractivity contribution in [3.05, 3.63) is 69.5 Å². The molecule has 0 saturated heterocycles. The topological polar surface area (TPSA) is 72.2 Å². The van der Waals surface area contributed by atoms with Gasteiger partial charge in [0.2, 0.25) is 5.82 Å². The van der Waals surface area contributed by atoms with Crippen LogP contribution in [0.1, 0.15) is 10.4 Å². The van der Waals surface area contributed by atoms with Crippen LogP contribution in [0.5, 0.6) is 0 Å². The summed E-state index contributed by atoms with van der Waals surface area (Å²) in [6.45, 7) is 0. The second-order valence-corrected chi connectivity index (χ2v) is 4.00. The minimum Gasteiger partial charge on any atom is -0.319 e. The van der Waals surface area contributed by atoms with E-state index in [0.717, 1.165) is 24.3 Å². The van der Waals surface area contributed by atoms with Crippen molar-refractivity contribution in [2.75, 3.05) is 5.32 Å². The Morgan fingerprint density at radius 2 is 1.76 bits per heavy atom. The van der Waals surface area contributed by atoms with Gasteiger partial charge in [0.1, 0.15) is 11.6 Å². The Morgan fingerprint density at radius 1 is 1.05 bits per heavy atom. The third-order valence-electron chi connectivity index (χ3n) is 2.59. The van der Waals surface area contributed by atoms with Gasteiger partial charge in [0.25, 0.3) is 5.91 Å². The van der Waals surface area contributed by atoms with E-state index < -0.39 is 34.0 Å². The van der Waals surface area contributed by atoms with Crippen LogP contribution in [0.25, 0.3) is 0 Å². The lowest BCUT2D eigenvalue weighted by molar-refractivity contribution is -0.387. The molecule has 0 heterocycles.